The third kappa shape index (κ3) is 3.31. The van der Waals surface area contributed by atoms with Crippen molar-refractivity contribution < 1.29 is 18.7 Å². The first-order valence-corrected chi connectivity index (χ1v) is 9.29. The molecule has 2 aromatic carbocycles. The summed E-state index contributed by atoms with van der Waals surface area (Å²) in [5.74, 6) is -0.434. The Labute approximate surface area is 162 Å². The van der Waals surface area contributed by atoms with Crippen LogP contribution < -0.4 is 4.74 Å². The van der Waals surface area contributed by atoms with Crippen LogP contribution in [0.2, 0.25) is 0 Å². The molecular formula is C22H21FN2O3. The number of aromatic amines is 1. The summed E-state index contributed by atoms with van der Waals surface area (Å²) in [6, 6.07) is 11.6. The maximum atomic E-state index is 13.9. The van der Waals surface area contributed by atoms with Gasteiger partial charge in [-0.05, 0) is 25.5 Å². The molecule has 0 aliphatic carbocycles. The molecule has 1 fully saturated rings. The van der Waals surface area contributed by atoms with Crippen molar-refractivity contribution in [2.75, 3.05) is 20.2 Å². The highest BCUT2D eigenvalue weighted by Gasteiger charge is 2.33. The summed E-state index contributed by atoms with van der Waals surface area (Å²) < 4.78 is 19.0. The monoisotopic (exact) mass is 380 g/mol. The van der Waals surface area contributed by atoms with E-state index >= 15 is 0 Å². The Balaban J connectivity index is 1.59. The maximum absolute atomic E-state index is 13.9. The molecule has 4 rings (SSSR count). The Hall–Kier alpha value is -2.99. The van der Waals surface area contributed by atoms with Crippen LogP contribution in [0.4, 0.5) is 4.39 Å². The van der Waals surface area contributed by atoms with Crippen molar-refractivity contribution in [3.63, 3.8) is 0 Å². The molecule has 0 bridgehead atoms. The Morgan fingerprint density at radius 3 is 2.79 bits per heavy atom. The van der Waals surface area contributed by atoms with Crippen molar-refractivity contribution in [2.45, 2.75) is 18.9 Å². The third-order valence-electron chi connectivity index (χ3n) is 5.33. The van der Waals surface area contributed by atoms with Crippen LogP contribution in [0.25, 0.3) is 10.9 Å². The zero-order chi connectivity index (χ0) is 19.7. The minimum absolute atomic E-state index is 0.00275. The van der Waals surface area contributed by atoms with Gasteiger partial charge in [0.15, 0.2) is 23.1 Å². The lowest BCUT2D eigenvalue weighted by Crippen LogP contribution is -2.39. The number of hydrogen-bond donors (Lipinski definition) is 1. The maximum Gasteiger partial charge on any atom is 0.182 e. The number of nitrogens with zero attached hydrogens (tertiary/aromatic N) is 1. The zero-order valence-electron chi connectivity index (χ0n) is 15.6. The van der Waals surface area contributed by atoms with Crippen molar-refractivity contribution in [1.82, 2.24) is 9.88 Å². The van der Waals surface area contributed by atoms with E-state index in [1.807, 2.05) is 23.1 Å². The van der Waals surface area contributed by atoms with E-state index in [1.54, 1.807) is 24.4 Å². The molecule has 1 atom stereocenters. The van der Waals surface area contributed by atoms with E-state index < -0.39 is 5.82 Å². The lowest BCUT2D eigenvalue weighted by atomic mass is 10.0. The summed E-state index contributed by atoms with van der Waals surface area (Å²) in [6.07, 6.45) is 3.17. The number of ether oxygens (including phenoxy) is 1. The van der Waals surface area contributed by atoms with Gasteiger partial charge in [0.25, 0.3) is 0 Å². The van der Waals surface area contributed by atoms with Gasteiger partial charge in [-0.3, -0.25) is 14.5 Å². The number of Topliss-reactive ketones (excluding diaryl/α,β-unsaturated/α-hetero) is 2. The van der Waals surface area contributed by atoms with Gasteiger partial charge in [-0.15, -0.1) is 0 Å². The first-order valence-electron chi connectivity index (χ1n) is 9.29. The van der Waals surface area contributed by atoms with E-state index in [0.717, 1.165) is 6.42 Å². The molecule has 1 saturated heterocycles. The molecule has 0 unspecified atom stereocenters. The van der Waals surface area contributed by atoms with Gasteiger partial charge in [0.1, 0.15) is 0 Å². The third-order valence-corrected chi connectivity index (χ3v) is 5.33. The van der Waals surface area contributed by atoms with Gasteiger partial charge in [0.2, 0.25) is 0 Å². The van der Waals surface area contributed by atoms with Crippen LogP contribution in [0.1, 0.15) is 33.6 Å². The molecule has 0 spiro atoms. The summed E-state index contributed by atoms with van der Waals surface area (Å²) in [4.78, 5) is 30.7. The number of benzene rings is 2. The highest BCUT2D eigenvalue weighted by Crippen LogP contribution is 2.30. The van der Waals surface area contributed by atoms with Crippen molar-refractivity contribution >= 4 is 22.5 Å². The Bertz CT molecular complexity index is 1030. The topological polar surface area (TPSA) is 62.4 Å². The lowest BCUT2D eigenvalue weighted by molar-refractivity contribution is 0.0824. The molecular weight excluding hydrogens is 359 g/mol. The van der Waals surface area contributed by atoms with Gasteiger partial charge < -0.3 is 9.72 Å². The highest BCUT2D eigenvalue weighted by molar-refractivity contribution is 6.11. The second kappa shape index (κ2) is 7.56. The first-order chi connectivity index (χ1) is 13.6. The molecule has 28 heavy (non-hydrogen) atoms. The van der Waals surface area contributed by atoms with E-state index in [4.69, 9.17) is 4.74 Å². The number of ketones is 2. The largest absolute Gasteiger partial charge is 0.494 e. The van der Waals surface area contributed by atoms with E-state index in [0.29, 0.717) is 35.0 Å². The average Bonchev–Trinajstić information content (AvgIpc) is 3.34. The number of hydrogen-bond acceptors (Lipinski definition) is 4. The fraction of sp³-hybridized carbons (Fsp3) is 0.273. The van der Waals surface area contributed by atoms with Crippen molar-refractivity contribution in [3.8, 4) is 5.75 Å². The summed E-state index contributed by atoms with van der Waals surface area (Å²) in [5, 5.41) is 0.629. The molecule has 1 aliphatic heterocycles. The van der Waals surface area contributed by atoms with Crippen molar-refractivity contribution in [1.29, 1.82) is 0 Å². The smallest absolute Gasteiger partial charge is 0.182 e. The minimum atomic E-state index is -0.480. The van der Waals surface area contributed by atoms with Crippen LogP contribution in [0.15, 0.2) is 48.7 Å². The second-order valence-corrected chi connectivity index (χ2v) is 7.02. The Morgan fingerprint density at radius 2 is 2.04 bits per heavy atom. The highest BCUT2D eigenvalue weighted by atomic mass is 19.1. The molecule has 1 N–H and O–H groups in total. The van der Waals surface area contributed by atoms with Crippen LogP contribution in [0, 0.1) is 5.82 Å². The number of methoxy groups -OCH3 is 1. The van der Waals surface area contributed by atoms with Gasteiger partial charge in [-0.2, -0.15) is 0 Å². The van der Waals surface area contributed by atoms with E-state index in [2.05, 4.69) is 4.98 Å². The number of likely N-dealkylation sites (tertiary alicyclic amines) is 1. The van der Waals surface area contributed by atoms with Crippen LogP contribution in [-0.4, -0.2) is 47.7 Å². The van der Waals surface area contributed by atoms with Gasteiger partial charge in [0.05, 0.1) is 19.7 Å². The molecule has 2 heterocycles. The van der Waals surface area contributed by atoms with Crippen LogP contribution in [0.3, 0.4) is 0 Å². The fourth-order valence-corrected chi connectivity index (χ4v) is 3.88. The summed E-state index contributed by atoms with van der Waals surface area (Å²) in [7, 11) is 1.40. The van der Waals surface area contributed by atoms with E-state index in [1.165, 1.54) is 13.2 Å². The normalized spacial score (nSPS) is 17.1. The quantitative estimate of drug-likeness (QED) is 0.660. The number of rotatable bonds is 6. The molecule has 0 radical (unpaired) electrons. The van der Waals surface area contributed by atoms with Gasteiger partial charge in [-0.1, -0.05) is 30.3 Å². The van der Waals surface area contributed by atoms with Crippen LogP contribution >= 0.6 is 0 Å². The number of H-pyrrole nitrogens is 1. The zero-order valence-corrected chi connectivity index (χ0v) is 15.6. The predicted molar refractivity (Wildman–Crippen MR) is 105 cm³/mol. The van der Waals surface area contributed by atoms with E-state index in [9.17, 15) is 14.0 Å². The van der Waals surface area contributed by atoms with Crippen LogP contribution in [-0.2, 0) is 0 Å². The first kappa shape index (κ1) is 18.4. The van der Waals surface area contributed by atoms with Gasteiger partial charge in [0, 0.05) is 34.3 Å². The number of carbonyl (C=O) groups is 2. The number of halogens is 1. The summed E-state index contributed by atoms with van der Waals surface area (Å²) >= 11 is 0. The fourth-order valence-electron chi connectivity index (χ4n) is 3.88. The predicted octanol–water partition coefficient (Wildman–Crippen LogP) is 3.85. The Morgan fingerprint density at radius 1 is 1.25 bits per heavy atom. The lowest BCUT2D eigenvalue weighted by Gasteiger charge is -2.22. The van der Waals surface area contributed by atoms with Crippen molar-refractivity contribution in [2.24, 2.45) is 0 Å². The summed E-state index contributed by atoms with van der Waals surface area (Å²) in [5.41, 5.74) is 1.69. The molecule has 6 heteroatoms. The Kier molecular flexibility index (Phi) is 4.96. The standard InChI is InChI=1S/C22H21FN2O3/c1-28-21-10-15-16(12-24-18(15)11-17(21)23)22(27)19-8-5-9-25(19)13-20(26)14-6-3-2-4-7-14/h2-4,6-7,10-12,19,24H,5,8-9,13H2,1H3/t19-/m1/s1. The average molecular weight is 380 g/mol. The number of aromatic nitrogens is 1. The SMILES string of the molecule is COc1cc2c(C(=O)[C@H]3CCCN3CC(=O)c3ccccc3)c[nH]c2cc1F. The number of carbonyl (C=O) groups excluding carboxylic acids is 2. The molecule has 1 aromatic heterocycles. The van der Waals surface area contributed by atoms with Gasteiger partial charge >= 0.3 is 0 Å². The minimum Gasteiger partial charge on any atom is -0.494 e. The second-order valence-electron chi connectivity index (χ2n) is 7.02. The van der Waals surface area contributed by atoms with Gasteiger partial charge in [-0.25, -0.2) is 4.39 Å². The molecule has 1 aliphatic rings. The van der Waals surface area contributed by atoms with Crippen molar-refractivity contribution in [3.05, 3.63) is 65.6 Å². The number of fused-ring (bicyclic) bond motifs is 1. The number of nitrogens with one attached hydrogen (secondary N) is 1. The molecule has 3 aromatic rings. The van der Waals surface area contributed by atoms with Crippen LogP contribution in [0.5, 0.6) is 5.75 Å². The molecule has 144 valence electrons. The molecule has 5 nitrogen and oxygen atoms in total. The molecule has 0 saturated carbocycles. The summed E-state index contributed by atoms with van der Waals surface area (Å²) in [6.45, 7) is 0.913. The van der Waals surface area contributed by atoms with E-state index in [-0.39, 0.29) is 29.9 Å². The molecule has 0 amide bonds.